The third-order valence-corrected chi connectivity index (χ3v) is 3.01. The molecule has 0 aliphatic rings. The van der Waals surface area contributed by atoms with Crippen LogP contribution in [0.4, 0.5) is 10.1 Å². The molecule has 1 heterocycles. The van der Waals surface area contributed by atoms with Crippen LogP contribution < -0.4 is 10.7 Å². The third kappa shape index (κ3) is 3.61. The summed E-state index contributed by atoms with van der Waals surface area (Å²) in [6.07, 6.45) is 1.73. The number of hydrogen-bond donors (Lipinski definition) is 2. The highest BCUT2D eigenvalue weighted by molar-refractivity contribution is 6.34. The molecule has 0 unspecified atom stereocenters. The van der Waals surface area contributed by atoms with Crippen LogP contribution >= 0.6 is 11.6 Å². The second-order valence-electron chi connectivity index (χ2n) is 4.24. The third-order valence-electron chi connectivity index (χ3n) is 2.70. The van der Waals surface area contributed by atoms with Crippen molar-refractivity contribution in [1.29, 1.82) is 0 Å². The first-order chi connectivity index (χ1) is 10.0. The summed E-state index contributed by atoms with van der Waals surface area (Å²) in [5.41, 5.74) is 2.89. The number of amides is 2. The highest BCUT2D eigenvalue weighted by atomic mass is 35.5. The molecule has 7 heteroatoms. The van der Waals surface area contributed by atoms with Gasteiger partial charge in [0.05, 0.1) is 5.02 Å². The van der Waals surface area contributed by atoms with Gasteiger partial charge in [0.15, 0.2) is 0 Å². The molecule has 1 aromatic carbocycles. The van der Waals surface area contributed by atoms with Crippen molar-refractivity contribution in [2.75, 3.05) is 10.7 Å². The van der Waals surface area contributed by atoms with Crippen molar-refractivity contribution in [3.05, 3.63) is 53.1 Å². The van der Waals surface area contributed by atoms with Crippen molar-refractivity contribution in [3.8, 4) is 0 Å². The topological polar surface area (TPSA) is 63.1 Å². The van der Waals surface area contributed by atoms with E-state index in [9.17, 15) is 14.0 Å². The minimum atomic E-state index is -0.549. The Bertz CT molecular complexity index is 685. The molecule has 0 aliphatic carbocycles. The molecule has 1 aromatic heterocycles. The van der Waals surface area contributed by atoms with Crippen LogP contribution in [-0.2, 0) is 4.79 Å². The molecule has 0 bridgehead atoms. The zero-order valence-corrected chi connectivity index (χ0v) is 11.9. The number of halogens is 2. The average Bonchev–Trinajstić information content (AvgIpc) is 2.79. The van der Waals surface area contributed by atoms with Crippen LogP contribution in [-0.4, -0.2) is 16.5 Å². The zero-order valence-electron chi connectivity index (χ0n) is 11.2. The Morgan fingerprint density at radius 3 is 2.76 bits per heavy atom. The molecule has 2 aromatic rings. The number of nitrogens with zero attached hydrogens (tertiary/aromatic N) is 1. The monoisotopic (exact) mass is 309 g/mol. The summed E-state index contributed by atoms with van der Waals surface area (Å²) in [6, 6.07) is 6.96. The minimum absolute atomic E-state index is 0.0720. The Kier molecular flexibility index (Phi) is 4.59. The van der Waals surface area contributed by atoms with Crippen molar-refractivity contribution in [2.24, 2.45) is 0 Å². The van der Waals surface area contributed by atoms with Gasteiger partial charge in [-0.1, -0.05) is 24.6 Å². The van der Waals surface area contributed by atoms with E-state index < -0.39 is 11.7 Å². The van der Waals surface area contributed by atoms with E-state index in [-0.39, 0.29) is 23.0 Å². The Balaban J connectivity index is 2.22. The lowest BCUT2D eigenvalue weighted by Gasteiger charge is -2.11. The smallest absolute Gasteiger partial charge is 0.275 e. The Morgan fingerprint density at radius 1 is 1.33 bits per heavy atom. The standard InChI is InChI=1S/C14H13ClFN3O2/c1-2-12(20)18-19-7-6-11(15)13(19)14(21)17-10-5-3-4-9(16)8-10/h3-8H,2H2,1H3,(H,17,21)(H,18,20). The zero-order chi connectivity index (χ0) is 15.4. The molecule has 2 rings (SSSR count). The first-order valence-electron chi connectivity index (χ1n) is 6.25. The molecule has 2 N–H and O–H groups in total. The van der Waals surface area contributed by atoms with Gasteiger partial charge in [-0.05, 0) is 24.3 Å². The van der Waals surface area contributed by atoms with Gasteiger partial charge in [0.2, 0.25) is 5.91 Å². The average molecular weight is 310 g/mol. The van der Waals surface area contributed by atoms with E-state index in [1.807, 2.05) is 0 Å². The first-order valence-corrected chi connectivity index (χ1v) is 6.62. The lowest BCUT2D eigenvalue weighted by molar-refractivity contribution is -0.116. The molecule has 0 radical (unpaired) electrons. The van der Waals surface area contributed by atoms with E-state index in [2.05, 4.69) is 10.7 Å². The maximum absolute atomic E-state index is 13.1. The predicted octanol–water partition coefficient (Wildman–Crippen LogP) is 3.01. The van der Waals surface area contributed by atoms with Crippen molar-refractivity contribution in [3.63, 3.8) is 0 Å². The summed E-state index contributed by atoms with van der Waals surface area (Å²) in [5.74, 6) is -1.28. The summed E-state index contributed by atoms with van der Waals surface area (Å²) in [5, 5.41) is 2.70. The lowest BCUT2D eigenvalue weighted by Crippen LogP contribution is -2.27. The largest absolute Gasteiger partial charge is 0.321 e. The van der Waals surface area contributed by atoms with E-state index in [1.54, 1.807) is 13.0 Å². The number of aromatic nitrogens is 1. The molecule has 110 valence electrons. The number of carbonyl (C=O) groups excluding carboxylic acids is 2. The normalized spacial score (nSPS) is 10.2. The Hall–Kier alpha value is -2.34. The number of nitrogens with one attached hydrogen (secondary N) is 2. The van der Waals surface area contributed by atoms with E-state index >= 15 is 0 Å². The quantitative estimate of drug-likeness (QED) is 0.912. The molecule has 0 spiro atoms. The van der Waals surface area contributed by atoms with Gasteiger partial charge in [-0.3, -0.25) is 19.7 Å². The van der Waals surface area contributed by atoms with Gasteiger partial charge in [0.1, 0.15) is 11.5 Å². The number of carbonyl (C=O) groups is 2. The van der Waals surface area contributed by atoms with Gasteiger partial charge in [-0.25, -0.2) is 4.39 Å². The predicted molar refractivity (Wildman–Crippen MR) is 78.5 cm³/mol. The van der Waals surface area contributed by atoms with E-state index in [4.69, 9.17) is 11.6 Å². The molecular weight excluding hydrogens is 297 g/mol. The van der Waals surface area contributed by atoms with Gasteiger partial charge in [0, 0.05) is 18.3 Å². The number of anilines is 1. The Labute approximate surface area is 125 Å². The highest BCUT2D eigenvalue weighted by Crippen LogP contribution is 2.18. The summed E-state index contributed by atoms with van der Waals surface area (Å²) >= 11 is 5.96. The molecule has 0 saturated carbocycles. The van der Waals surface area contributed by atoms with Crippen molar-refractivity contribution in [1.82, 2.24) is 4.68 Å². The second-order valence-corrected chi connectivity index (χ2v) is 4.64. The van der Waals surface area contributed by atoms with E-state index in [0.29, 0.717) is 5.69 Å². The molecule has 21 heavy (non-hydrogen) atoms. The number of benzene rings is 1. The summed E-state index contributed by atoms with van der Waals surface area (Å²) in [6.45, 7) is 1.69. The minimum Gasteiger partial charge on any atom is -0.321 e. The van der Waals surface area contributed by atoms with Crippen LogP contribution in [0.2, 0.25) is 5.02 Å². The van der Waals surface area contributed by atoms with E-state index in [1.165, 1.54) is 35.1 Å². The fourth-order valence-corrected chi connectivity index (χ4v) is 1.92. The maximum Gasteiger partial charge on any atom is 0.275 e. The van der Waals surface area contributed by atoms with Crippen LogP contribution in [0.15, 0.2) is 36.5 Å². The summed E-state index contributed by atoms with van der Waals surface area (Å²) in [7, 11) is 0. The SMILES string of the molecule is CCC(=O)Nn1ccc(Cl)c1C(=O)Nc1cccc(F)c1. The highest BCUT2D eigenvalue weighted by Gasteiger charge is 2.17. The van der Waals surface area contributed by atoms with Crippen LogP contribution in [0.3, 0.4) is 0 Å². The molecule has 0 fully saturated rings. The van der Waals surface area contributed by atoms with E-state index in [0.717, 1.165) is 0 Å². The molecule has 0 saturated heterocycles. The first kappa shape index (κ1) is 15.1. The van der Waals surface area contributed by atoms with Crippen molar-refractivity contribution < 1.29 is 14.0 Å². The maximum atomic E-state index is 13.1. The van der Waals surface area contributed by atoms with Gasteiger partial charge in [0.25, 0.3) is 5.91 Å². The fraction of sp³-hybridized carbons (Fsp3) is 0.143. The van der Waals surface area contributed by atoms with Gasteiger partial charge in [-0.15, -0.1) is 0 Å². The van der Waals surface area contributed by atoms with Crippen LogP contribution in [0.5, 0.6) is 0 Å². The molecule has 0 aliphatic heterocycles. The van der Waals surface area contributed by atoms with Crippen LogP contribution in [0, 0.1) is 5.82 Å². The van der Waals surface area contributed by atoms with Gasteiger partial charge >= 0.3 is 0 Å². The van der Waals surface area contributed by atoms with Gasteiger partial charge < -0.3 is 5.32 Å². The second kappa shape index (κ2) is 6.41. The molecule has 5 nitrogen and oxygen atoms in total. The summed E-state index contributed by atoms with van der Waals surface area (Å²) in [4.78, 5) is 23.6. The van der Waals surface area contributed by atoms with Crippen LogP contribution in [0.25, 0.3) is 0 Å². The van der Waals surface area contributed by atoms with Crippen molar-refractivity contribution >= 4 is 29.1 Å². The van der Waals surface area contributed by atoms with Gasteiger partial charge in [-0.2, -0.15) is 0 Å². The molecule has 2 amide bonds. The fourth-order valence-electron chi connectivity index (χ4n) is 1.69. The Morgan fingerprint density at radius 2 is 2.10 bits per heavy atom. The van der Waals surface area contributed by atoms with Crippen molar-refractivity contribution in [2.45, 2.75) is 13.3 Å². The van der Waals surface area contributed by atoms with Crippen LogP contribution in [0.1, 0.15) is 23.8 Å². The number of hydrogen-bond acceptors (Lipinski definition) is 2. The lowest BCUT2D eigenvalue weighted by atomic mass is 10.3. The summed E-state index contributed by atoms with van der Waals surface area (Å²) < 4.78 is 14.3. The number of rotatable bonds is 4. The molecule has 0 atom stereocenters. The molecular formula is C14H13ClFN3O2.